The van der Waals surface area contributed by atoms with Crippen molar-refractivity contribution in [1.82, 2.24) is 19.7 Å². The summed E-state index contributed by atoms with van der Waals surface area (Å²) < 4.78 is 67.6. The van der Waals surface area contributed by atoms with Gasteiger partial charge in [0, 0.05) is 33.0 Å². The van der Waals surface area contributed by atoms with Crippen LogP contribution in [0.1, 0.15) is 29.9 Å². The van der Waals surface area contributed by atoms with E-state index in [2.05, 4.69) is 36.3 Å². The fourth-order valence-corrected chi connectivity index (χ4v) is 4.02. The summed E-state index contributed by atoms with van der Waals surface area (Å²) >= 11 is 3.27. The number of anilines is 1. The van der Waals surface area contributed by atoms with Crippen LogP contribution in [0.2, 0.25) is 0 Å². The Balaban J connectivity index is 1.80. The zero-order valence-corrected chi connectivity index (χ0v) is 18.8. The minimum Gasteiger partial charge on any atom is -0.390 e. The van der Waals surface area contributed by atoms with Crippen molar-refractivity contribution in [2.24, 2.45) is 0 Å². The number of rotatable bonds is 5. The van der Waals surface area contributed by atoms with Crippen LogP contribution in [0, 0.1) is 6.92 Å². The van der Waals surface area contributed by atoms with Gasteiger partial charge in [0.1, 0.15) is 23.8 Å². The van der Waals surface area contributed by atoms with Crippen LogP contribution in [-0.4, -0.2) is 31.5 Å². The second-order valence-electron chi connectivity index (χ2n) is 7.53. The minimum atomic E-state index is -4.69. The van der Waals surface area contributed by atoms with Crippen LogP contribution < -0.4 is 5.32 Å². The average Bonchev–Trinajstić information content (AvgIpc) is 3.22. The maximum absolute atomic E-state index is 13.9. The van der Waals surface area contributed by atoms with Crippen molar-refractivity contribution >= 4 is 43.6 Å². The number of aliphatic hydroxyl groups is 1. The first kappa shape index (κ1) is 23.3. The molecule has 0 spiro atoms. The molecule has 2 aromatic carbocycles. The molecule has 0 aliphatic rings. The first-order chi connectivity index (χ1) is 15.4. The largest absolute Gasteiger partial charge is 0.504 e. The van der Waals surface area contributed by atoms with Crippen molar-refractivity contribution in [3.05, 3.63) is 58.0 Å². The highest BCUT2D eigenvalue weighted by atomic mass is 79.9. The Kier molecular flexibility index (Phi) is 5.77. The zero-order valence-electron chi connectivity index (χ0n) is 17.3. The lowest BCUT2D eigenvalue weighted by atomic mass is 10.0. The molecule has 174 valence electrons. The first-order valence-electron chi connectivity index (χ1n) is 9.70. The molecule has 1 atom stereocenters. The molecule has 12 heteroatoms. The van der Waals surface area contributed by atoms with Crippen molar-refractivity contribution in [1.29, 1.82) is 0 Å². The number of hydrogen-bond acceptors (Lipinski definition) is 5. The second kappa shape index (κ2) is 8.17. The number of nitrogens with one attached hydrogen (secondary N) is 1. The molecule has 2 aromatic heterocycles. The van der Waals surface area contributed by atoms with E-state index in [1.54, 1.807) is 26.0 Å². The topological polar surface area (TPSA) is 75.9 Å². The van der Waals surface area contributed by atoms with Crippen LogP contribution in [0.4, 0.5) is 27.8 Å². The molecule has 0 radical (unpaired) electrons. The number of aryl methyl sites for hydroxylation is 1. The molecular weight excluding hydrogens is 513 g/mol. The SMILES string of the molecule is Cc1nc(NC(C)c2cccc(C(F)(F)CO)c2)c2cc(Br)c3nn(C(F)(F)F)cc3c2n1. The molecule has 0 amide bonds. The number of nitrogens with zero attached hydrogens (tertiary/aromatic N) is 4. The van der Waals surface area contributed by atoms with E-state index < -0.39 is 24.9 Å². The molecule has 0 fully saturated rings. The summed E-state index contributed by atoms with van der Waals surface area (Å²) in [5.41, 5.74) is 0.543. The van der Waals surface area contributed by atoms with E-state index >= 15 is 0 Å². The van der Waals surface area contributed by atoms with Gasteiger partial charge in [0.25, 0.3) is 5.92 Å². The van der Waals surface area contributed by atoms with Crippen LogP contribution in [0.25, 0.3) is 21.8 Å². The van der Waals surface area contributed by atoms with Gasteiger partial charge in [-0.3, -0.25) is 0 Å². The van der Waals surface area contributed by atoms with E-state index in [4.69, 9.17) is 5.11 Å². The highest BCUT2D eigenvalue weighted by Crippen LogP contribution is 2.36. The van der Waals surface area contributed by atoms with Crippen molar-refractivity contribution in [3.8, 4) is 0 Å². The fraction of sp³-hybridized carbons (Fsp3) is 0.286. The highest BCUT2D eigenvalue weighted by Gasteiger charge is 2.33. The van der Waals surface area contributed by atoms with E-state index in [0.29, 0.717) is 27.1 Å². The first-order valence-corrected chi connectivity index (χ1v) is 10.5. The van der Waals surface area contributed by atoms with Gasteiger partial charge < -0.3 is 10.4 Å². The Labute approximate surface area is 192 Å². The summed E-state index contributed by atoms with van der Waals surface area (Å²) in [5, 5.41) is 16.3. The lowest BCUT2D eigenvalue weighted by Crippen LogP contribution is -2.19. The highest BCUT2D eigenvalue weighted by molar-refractivity contribution is 9.10. The predicted molar refractivity (Wildman–Crippen MR) is 116 cm³/mol. The molecule has 1 unspecified atom stereocenters. The number of benzene rings is 2. The quantitative estimate of drug-likeness (QED) is 0.320. The van der Waals surface area contributed by atoms with Crippen molar-refractivity contribution in [2.75, 3.05) is 11.9 Å². The molecule has 2 N–H and O–H groups in total. The standard InChI is InChI=1S/C21H17BrF5N5O/c1-10(12-4-3-5-13(6-12)20(23,24)9-33)28-19-14-7-16(22)18-15(17(14)29-11(2)30-19)8-32(31-18)21(25,26)27/h3-8,10,33H,9H2,1-2H3,(H,28,29,30). The molecule has 4 rings (SSSR count). The maximum Gasteiger partial charge on any atom is 0.504 e. The van der Waals surface area contributed by atoms with E-state index in [9.17, 15) is 22.0 Å². The van der Waals surface area contributed by atoms with Gasteiger partial charge in [-0.15, -0.1) is 13.2 Å². The molecule has 6 nitrogen and oxygen atoms in total. The fourth-order valence-electron chi connectivity index (χ4n) is 3.50. The number of aliphatic hydroxyl groups excluding tert-OH is 1. The molecular formula is C21H17BrF5N5O. The number of fused-ring (bicyclic) bond motifs is 3. The normalized spacial score (nSPS) is 13.6. The molecule has 0 aliphatic heterocycles. The van der Waals surface area contributed by atoms with Crippen LogP contribution in [0.15, 0.2) is 41.0 Å². The number of aromatic nitrogens is 4. The van der Waals surface area contributed by atoms with Gasteiger partial charge in [-0.05, 0) is 47.5 Å². The molecule has 0 aliphatic carbocycles. The minimum absolute atomic E-state index is 0.0815. The molecule has 4 aromatic rings. The summed E-state index contributed by atoms with van der Waals surface area (Å²) in [6.45, 7) is 2.01. The second-order valence-corrected chi connectivity index (χ2v) is 8.39. The monoisotopic (exact) mass is 529 g/mol. The van der Waals surface area contributed by atoms with E-state index in [1.165, 1.54) is 18.2 Å². The third-order valence-corrected chi connectivity index (χ3v) is 5.75. The Morgan fingerprint density at radius 2 is 1.82 bits per heavy atom. The number of halogens is 6. The van der Waals surface area contributed by atoms with Gasteiger partial charge in [-0.25, -0.2) is 9.97 Å². The Morgan fingerprint density at radius 3 is 2.48 bits per heavy atom. The zero-order chi connectivity index (χ0) is 24.1. The summed E-state index contributed by atoms with van der Waals surface area (Å²) in [5.74, 6) is -2.75. The van der Waals surface area contributed by atoms with Gasteiger partial charge in [0.2, 0.25) is 0 Å². The molecule has 2 heterocycles. The molecule has 33 heavy (non-hydrogen) atoms. The number of hydrogen-bond donors (Lipinski definition) is 2. The third-order valence-electron chi connectivity index (χ3n) is 5.14. The van der Waals surface area contributed by atoms with Crippen LogP contribution in [0.3, 0.4) is 0 Å². The maximum atomic E-state index is 13.9. The van der Waals surface area contributed by atoms with Crippen molar-refractivity contribution in [3.63, 3.8) is 0 Å². The Hall–Kier alpha value is -2.86. The number of alkyl halides is 5. The summed E-state index contributed by atoms with van der Waals surface area (Å²) in [4.78, 5) is 8.70. The van der Waals surface area contributed by atoms with Crippen molar-refractivity contribution < 1.29 is 27.1 Å². The molecule has 0 saturated carbocycles. The lowest BCUT2D eigenvalue weighted by Gasteiger charge is -2.20. The smallest absolute Gasteiger partial charge is 0.390 e. The summed E-state index contributed by atoms with van der Waals surface area (Å²) in [7, 11) is 0. The molecule has 0 bridgehead atoms. The Bertz CT molecular complexity index is 1350. The van der Waals surface area contributed by atoms with Crippen LogP contribution >= 0.6 is 15.9 Å². The average molecular weight is 530 g/mol. The Morgan fingerprint density at radius 1 is 1.09 bits per heavy atom. The van der Waals surface area contributed by atoms with E-state index in [1.807, 2.05) is 0 Å². The van der Waals surface area contributed by atoms with Gasteiger partial charge >= 0.3 is 6.30 Å². The lowest BCUT2D eigenvalue weighted by molar-refractivity contribution is -0.211. The summed E-state index contributed by atoms with van der Waals surface area (Å²) in [6, 6.07) is 6.68. The molecule has 0 saturated heterocycles. The van der Waals surface area contributed by atoms with Crippen LogP contribution in [0.5, 0.6) is 0 Å². The van der Waals surface area contributed by atoms with Crippen molar-refractivity contribution in [2.45, 2.75) is 32.1 Å². The van der Waals surface area contributed by atoms with Gasteiger partial charge in [-0.1, -0.05) is 18.2 Å². The predicted octanol–water partition coefficient (Wildman–Crippen LogP) is 5.78. The van der Waals surface area contributed by atoms with Gasteiger partial charge in [0.15, 0.2) is 0 Å². The summed E-state index contributed by atoms with van der Waals surface area (Å²) in [6.07, 6.45) is -3.83. The van der Waals surface area contributed by atoms with Gasteiger partial charge in [-0.2, -0.15) is 18.6 Å². The van der Waals surface area contributed by atoms with Gasteiger partial charge in [0.05, 0.1) is 5.52 Å². The van der Waals surface area contributed by atoms with Crippen LogP contribution in [-0.2, 0) is 12.2 Å². The van der Waals surface area contributed by atoms with E-state index in [-0.39, 0.29) is 26.7 Å². The van der Waals surface area contributed by atoms with E-state index in [0.717, 1.165) is 6.20 Å². The third kappa shape index (κ3) is 4.36.